The van der Waals surface area contributed by atoms with Gasteiger partial charge in [0.1, 0.15) is 6.17 Å². The van der Waals surface area contributed by atoms with Crippen molar-refractivity contribution in [1.82, 2.24) is 19.8 Å². The maximum atomic E-state index is 13.4. The number of pyridine rings is 1. The van der Waals surface area contributed by atoms with Gasteiger partial charge in [-0.25, -0.2) is 0 Å². The highest BCUT2D eigenvalue weighted by Crippen LogP contribution is 2.44. The number of carbonyl (C=O) groups is 2. The van der Waals surface area contributed by atoms with Gasteiger partial charge in [-0.3, -0.25) is 14.6 Å². The van der Waals surface area contributed by atoms with E-state index < -0.39 is 0 Å². The van der Waals surface area contributed by atoms with Gasteiger partial charge in [-0.05, 0) is 42.3 Å². The minimum atomic E-state index is -0.204. The second kappa shape index (κ2) is 8.58. The Hall–Kier alpha value is -4.13. The molecule has 176 valence electrons. The van der Waals surface area contributed by atoms with E-state index in [4.69, 9.17) is 0 Å². The number of anilines is 1. The predicted octanol–water partition coefficient (Wildman–Crippen LogP) is 3.89. The van der Waals surface area contributed by atoms with Crippen molar-refractivity contribution in [2.75, 3.05) is 18.5 Å². The third-order valence-corrected chi connectivity index (χ3v) is 7.16. The summed E-state index contributed by atoms with van der Waals surface area (Å²) < 4.78 is 2.25. The largest absolute Gasteiger partial charge is 0.350 e. The average molecular weight is 466 g/mol. The number of carbonyl (C=O) groups excluding carboxylic acids is 2. The van der Waals surface area contributed by atoms with Gasteiger partial charge in [0.2, 0.25) is 5.91 Å². The fourth-order valence-electron chi connectivity index (χ4n) is 5.54. The van der Waals surface area contributed by atoms with Gasteiger partial charge >= 0.3 is 0 Å². The molecule has 2 aromatic carbocycles. The molecule has 7 heteroatoms. The van der Waals surface area contributed by atoms with E-state index >= 15 is 0 Å². The van der Waals surface area contributed by atoms with Crippen LogP contribution in [0.15, 0.2) is 72.9 Å². The first-order valence-electron chi connectivity index (χ1n) is 12.0. The lowest BCUT2D eigenvalue weighted by atomic mass is 9.96. The van der Waals surface area contributed by atoms with E-state index in [2.05, 4.69) is 45.0 Å². The van der Waals surface area contributed by atoms with Crippen LogP contribution in [0.4, 0.5) is 5.69 Å². The number of benzene rings is 2. The molecular formula is C28H27N5O2. The van der Waals surface area contributed by atoms with Crippen LogP contribution < -0.4 is 10.2 Å². The summed E-state index contributed by atoms with van der Waals surface area (Å²) in [7, 11) is 2.06. The molecule has 4 aromatic rings. The van der Waals surface area contributed by atoms with Gasteiger partial charge in [0.05, 0.1) is 29.2 Å². The molecule has 2 amide bonds. The molecule has 1 unspecified atom stereocenters. The zero-order valence-electron chi connectivity index (χ0n) is 19.6. The number of hydrogen-bond acceptors (Lipinski definition) is 4. The van der Waals surface area contributed by atoms with Crippen molar-refractivity contribution >= 4 is 28.4 Å². The first-order valence-corrected chi connectivity index (χ1v) is 12.0. The molecule has 0 spiro atoms. The number of hydrogen-bond donors (Lipinski definition) is 1. The average Bonchev–Trinajstić information content (AvgIpc) is 3.23. The fourth-order valence-corrected chi connectivity index (χ4v) is 5.54. The summed E-state index contributed by atoms with van der Waals surface area (Å²) in [5.74, 6) is 0.0486. The topological polar surface area (TPSA) is 70.5 Å². The van der Waals surface area contributed by atoms with Gasteiger partial charge in [0.25, 0.3) is 5.91 Å². The second-order valence-electron chi connectivity index (χ2n) is 9.13. The molecule has 7 nitrogen and oxygen atoms in total. The Kier molecular flexibility index (Phi) is 5.25. The molecule has 0 bridgehead atoms. The molecule has 1 atom stereocenters. The Bertz CT molecular complexity index is 1430. The first-order chi connectivity index (χ1) is 17.1. The molecule has 2 aromatic heterocycles. The molecule has 2 aliphatic heterocycles. The zero-order chi connectivity index (χ0) is 23.9. The molecule has 2 aliphatic rings. The summed E-state index contributed by atoms with van der Waals surface area (Å²) in [5, 5.41) is 4.19. The molecule has 0 aliphatic carbocycles. The summed E-state index contributed by atoms with van der Waals surface area (Å²) in [5.41, 5.74) is 6.01. The summed E-state index contributed by atoms with van der Waals surface area (Å²) in [6, 6.07) is 21.8. The SMILES string of the molecule is CN1c2ccccc2C(=O)N2CCc3c(n(CCC(=O)NCc4ccccn4)c4ccccc34)C21. The Morgan fingerprint density at radius 1 is 1.06 bits per heavy atom. The number of rotatable bonds is 5. The Labute approximate surface area is 204 Å². The zero-order valence-corrected chi connectivity index (χ0v) is 19.6. The summed E-state index contributed by atoms with van der Waals surface area (Å²) in [4.78, 5) is 34.6. The van der Waals surface area contributed by atoms with Crippen molar-refractivity contribution in [3.8, 4) is 0 Å². The lowest BCUT2D eigenvalue weighted by Crippen LogP contribution is -2.51. The highest BCUT2D eigenvalue weighted by molar-refractivity contribution is 6.02. The Morgan fingerprint density at radius 2 is 1.86 bits per heavy atom. The number of nitrogens with zero attached hydrogens (tertiary/aromatic N) is 4. The van der Waals surface area contributed by atoms with Crippen molar-refractivity contribution in [3.05, 3.63) is 95.4 Å². The predicted molar refractivity (Wildman–Crippen MR) is 135 cm³/mol. The lowest BCUT2D eigenvalue weighted by molar-refractivity contribution is -0.121. The normalized spacial score (nSPS) is 16.6. The standard InChI is InChI=1S/C28H27N5O2/c1-31-23-11-4-3-10-22(23)28(35)33-16-13-21-20-9-2-5-12-24(20)32(26(21)27(31)33)17-14-25(34)30-18-19-8-6-7-15-29-19/h2-12,15,27H,13-14,16-18H2,1H3,(H,30,34). The third kappa shape index (κ3) is 3.55. The minimum absolute atomic E-state index is 0.0201. The molecule has 0 saturated heterocycles. The molecule has 0 saturated carbocycles. The van der Waals surface area contributed by atoms with Crippen molar-refractivity contribution in [2.24, 2.45) is 0 Å². The van der Waals surface area contributed by atoms with Crippen LogP contribution in [-0.2, 0) is 24.3 Å². The van der Waals surface area contributed by atoms with Gasteiger partial charge < -0.3 is 19.7 Å². The van der Waals surface area contributed by atoms with Crippen LogP contribution >= 0.6 is 0 Å². The molecule has 1 N–H and O–H groups in total. The Morgan fingerprint density at radius 3 is 2.71 bits per heavy atom. The van der Waals surface area contributed by atoms with Crippen molar-refractivity contribution < 1.29 is 9.59 Å². The summed E-state index contributed by atoms with van der Waals surface area (Å²) in [6.45, 7) is 1.63. The van der Waals surface area contributed by atoms with Crippen LogP contribution in [0.25, 0.3) is 10.9 Å². The first kappa shape index (κ1) is 21.4. The maximum Gasteiger partial charge on any atom is 0.257 e. The van der Waals surface area contributed by atoms with E-state index in [-0.39, 0.29) is 18.0 Å². The van der Waals surface area contributed by atoms with E-state index in [0.29, 0.717) is 26.1 Å². The van der Waals surface area contributed by atoms with Crippen LogP contribution in [0.2, 0.25) is 0 Å². The quantitative estimate of drug-likeness (QED) is 0.486. The minimum Gasteiger partial charge on any atom is -0.350 e. The smallest absolute Gasteiger partial charge is 0.257 e. The van der Waals surface area contributed by atoms with Crippen LogP contribution in [0.3, 0.4) is 0 Å². The van der Waals surface area contributed by atoms with E-state index in [1.54, 1.807) is 6.20 Å². The Balaban J connectivity index is 1.34. The summed E-state index contributed by atoms with van der Waals surface area (Å²) in [6.07, 6.45) is 2.67. The van der Waals surface area contributed by atoms with Crippen LogP contribution in [0.5, 0.6) is 0 Å². The molecule has 6 rings (SSSR count). The highest BCUT2D eigenvalue weighted by atomic mass is 16.2. The number of aryl methyl sites for hydroxylation is 1. The summed E-state index contributed by atoms with van der Waals surface area (Å²) >= 11 is 0. The van der Waals surface area contributed by atoms with Crippen molar-refractivity contribution in [2.45, 2.75) is 32.1 Å². The number of amides is 2. The number of fused-ring (bicyclic) bond motifs is 6. The lowest BCUT2D eigenvalue weighted by Gasteiger charge is -2.46. The number of nitrogens with one attached hydrogen (secondary N) is 1. The van der Waals surface area contributed by atoms with Gasteiger partial charge in [-0.2, -0.15) is 0 Å². The molecule has 0 radical (unpaired) electrons. The van der Waals surface area contributed by atoms with E-state index in [1.165, 1.54) is 10.9 Å². The molecule has 4 heterocycles. The van der Waals surface area contributed by atoms with Crippen LogP contribution in [0, 0.1) is 0 Å². The maximum absolute atomic E-state index is 13.4. The monoisotopic (exact) mass is 465 g/mol. The van der Waals surface area contributed by atoms with Gasteiger partial charge in [-0.1, -0.05) is 36.4 Å². The fraction of sp³-hybridized carbons (Fsp3) is 0.250. The van der Waals surface area contributed by atoms with E-state index in [0.717, 1.165) is 34.6 Å². The van der Waals surface area contributed by atoms with Crippen LogP contribution in [-0.4, -0.2) is 39.9 Å². The molecule has 35 heavy (non-hydrogen) atoms. The third-order valence-electron chi connectivity index (χ3n) is 7.16. The van der Waals surface area contributed by atoms with E-state index in [9.17, 15) is 9.59 Å². The van der Waals surface area contributed by atoms with Crippen molar-refractivity contribution in [1.29, 1.82) is 0 Å². The van der Waals surface area contributed by atoms with Crippen molar-refractivity contribution in [3.63, 3.8) is 0 Å². The second-order valence-corrected chi connectivity index (χ2v) is 9.13. The van der Waals surface area contributed by atoms with Gasteiger partial charge in [0.15, 0.2) is 0 Å². The molecule has 0 fully saturated rings. The molecular weight excluding hydrogens is 438 g/mol. The van der Waals surface area contributed by atoms with Gasteiger partial charge in [-0.15, -0.1) is 0 Å². The van der Waals surface area contributed by atoms with Crippen LogP contribution in [0.1, 0.15) is 39.9 Å². The number of para-hydroxylation sites is 2. The van der Waals surface area contributed by atoms with Gasteiger partial charge in [0, 0.05) is 43.7 Å². The number of aromatic nitrogens is 2. The highest BCUT2D eigenvalue weighted by Gasteiger charge is 2.42. The van der Waals surface area contributed by atoms with E-state index in [1.807, 2.05) is 53.4 Å².